The SMILES string of the molecule is CC1CCc2nc(Nc3cccc(C(=O)O)c3)sc2C1. The molecule has 0 fully saturated rings. The molecule has 0 bridgehead atoms. The number of fused-ring (bicyclic) bond motifs is 1. The van der Waals surface area contributed by atoms with Crippen molar-refractivity contribution < 1.29 is 9.90 Å². The van der Waals surface area contributed by atoms with Gasteiger partial charge >= 0.3 is 5.97 Å². The number of aromatic carboxylic acids is 1. The van der Waals surface area contributed by atoms with Gasteiger partial charge in [0.15, 0.2) is 5.13 Å². The van der Waals surface area contributed by atoms with E-state index in [1.54, 1.807) is 29.5 Å². The molecule has 5 heteroatoms. The van der Waals surface area contributed by atoms with Gasteiger partial charge in [-0.15, -0.1) is 11.3 Å². The Morgan fingerprint density at radius 1 is 1.50 bits per heavy atom. The minimum absolute atomic E-state index is 0.282. The zero-order valence-corrected chi connectivity index (χ0v) is 12.0. The number of rotatable bonds is 3. The molecular weight excluding hydrogens is 272 g/mol. The fourth-order valence-corrected chi connectivity index (χ4v) is 3.64. The number of carboxylic acid groups (broad SMARTS) is 1. The monoisotopic (exact) mass is 288 g/mol. The van der Waals surface area contributed by atoms with Crippen molar-refractivity contribution in [3.63, 3.8) is 0 Å². The molecule has 0 saturated carbocycles. The lowest BCUT2D eigenvalue weighted by Gasteiger charge is -2.15. The second kappa shape index (κ2) is 5.25. The summed E-state index contributed by atoms with van der Waals surface area (Å²) < 4.78 is 0. The number of nitrogens with one attached hydrogen (secondary N) is 1. The van der Waals surface area contributed by atoms with Gasteiger partial charge in [0.25, 0.3) is 0 Å². The average molecular weight is 288 g/mol. The van der Waals surface area contributed by atoms with Crippen molar-refractivity contribution in [1.82, 2.24) is 4.98 Å². The van der Waals surface area contributed by atoms with Gasteiger partial charge in [-0.2, -0.15) is 0 Å². The molecule has 0 saturated heterocycles. The van der Waals surface area contributed by atoms with Crippen LogP contribution in [-0.2, 0) is 12.8 Å². The summed E-state index contributed by atoms with van der Waals surface area (Å²) in [7, 11) is 0. The van der Waals surface area contributed by atoms with Gasteiger partial charge in [-0.1, -0.05) is 13.0 Å². The summed E-state index contributed by atoms with van der Waals surface area (Å²) in [4.78, 5) is 16.9. The Kier molecular flexibility index (Phi) is 3.44. The molecule has 0 amide bonds. The molecule has 1 aromatic heterocycles. The molecule has 104 valence electrons. The van der Waals surface area contributed by atoms with E-state index < -0.39 is 5.97 Å². The number of carbonyl (C=O) groups is 1. The average Bonchev–Trinajstić information content (AvgIpc) is 2.80. The summed E-state index contributed by atoms with van der Waals surface area (Å²) >= 11 is 1.68. The summed E-state index contributed by atoms with van der Waals surface area (Å²) in [6.07, 6.45) is 3.35. The predicted octanol–water partition coefficient (Wildman–Crippen LogP) is 3.71. The maximum Gasteiger partial charge on any atom is 0.335 e. The molecule has 0 spiro atoms. The molecule has 1 unspecified atom stereocenters. The number of nitrogens with zero attached hydrogens (tertiary/aromatic N) is 1. The smallest absolute Gasteiger partial charge is 0.335 e. The summed E-state index contributed by atoms with van der Waals surface area (Å²) in [6, 6.07) is 6.81. The minimum Gasteiger partial charge on any atom is -0.478 e. The molecular formula is C15H16N2O2S. The van der Waals surface area contributed by atoms with E-state index in [2.05, 4.69) is 17.2 Å². The quantitative estimate of drug-likeness (QED) is 0.903. The molecule has 20 heavy (non-hydrogen) atoms. The Hall–Kier alpha value is -1.88. The highest BCUT2D eigenvalue weighted by Gasteiger charge is 2.19. The maximum absolute atomic E-state index is 11.0. The van der Waals surface area contributed by atoms with Crippen molar-refractivity contribution in [1.29, 1.82) is 0 Å². The van der Waals surface area contributed by atoms with Gasteiger partial charge in [-0.3, -0.25) is 0 Å². The number of aromatic nitrogens is 1. The summed E-state index contributed by atoms with van der Waals surface area (Å²) in [5, 5.41) is 13.1. The highest BCUT2D eigenvalue weighted by atomic mass is 32.1. The van der Waals surface area contributed by atoms with E-state index >= 15 is 0 Å². The van der Waals surface area contributed by atoms with Crippen molar-refractivity contribution in [3.8, 4) is 0 Å². The van der Waals surface area contributed by atoms with Crippen LogP contribution in [0, 0.1) is 5.92 Å². The summed E-state index contributed by atoms with van der Waals surface area (Å²) in [6.45, 7) is 2.27. The molecule has 1 aliphatic carbocycles. The van der Waals surface area contributed by atoms with Crippen LogP contribution in [0.1, 0.15) is 34.3 Å². The third-order valence-electron chi connectivity index (χ3n) is 3.55. The Balaban J connectivity index is 1.81. The highest BCUT2D eigenvalue weighted by Crippen LogP contribution is 2.33. The third-order valence-corrected chi connectivity index (χ3v) is 4.58. The highest BCUT2D eigenvalue weighted by molar-refractivity contribution is 7.15. The molecule has 4 nitrogen and oxygen atoms in total. The summed E-state index contributed by atoms with van der Waals surface area (Å²) in [5.41, 5.74) is 2.25. The molecule has 0 radical (unpaired) electrons. The van der Waals surface area contributed by atoms with Crippen LogP contribution in [-0.4, -0.2) is 16.1 Å². The van der Waals surface area contributed by atoms with E-state index in [-0.39, 0.29) is 5.56 Å². The van der Waals surface area contributed by atoms with E-state index in [0.717, 1.165) is 29.6 Å². The van der Waals surface area contributed by atoms with Crippen LogP contribution in [0.15, 0.2) is 24.3 Å². The van der Waals surface area contributed by atoms with Gasteiger partial charge in [0, 0.05) is 10.6 Å². The van der Waals surface area contributed by atoms with E-state index in [4.69, 9.17) is 5.11 Å². The molecule has 1 atom stereocenters. The molecule has 1 aromatic carbocycles. The predicted molar refractivity (Wildman–Crippen MR) is 80.0 cm³/mol. The van der Waals surface area contributed by atoms with Crippen LogP contribution in [0.4, 0.5) is 10.8 Å². The van der Waals surface area contributed by atoms with Gasteiger partial charge in [0.05, 0.1) is 11.3 Å². The van der Waals surface area contributed by atoms with Gasteiger partial charge in [0.1, 0.15) is 0 Å². The topological polar surface area (TPSA) is 62.2 Å². The van der Waals surface area contributed by atoms with Crippen molar-refractivity contribution >= 4 is 28.1 Å². The fraction of sp³-hybridized carbons (Fsp3) is 0.333. The van der Waals surface area contributed by atoms with E-state index in [0.29, 0.717) is 0 Å². The Morgan fingerprint density at radius 2 is 2.35 bits per heavy atom. The molecule has 1 aliphatic rings. The lowest BCUT2D eigenvalue weighted by Crippen LogP contribution is -2.09. The maximum atomic E-state index is 11.0. The first kappa shape index (κ1) is 13.1. The van der Waals surface area contributed by atoms with Crippen LogP contribution in [0.3, 0.4) is 0 Å². The number of hydrogen-bond donors (Lipinski definition) is 2. The normalized spacial score (nSPS) is 17.6. The van der Waals surface area contributed by atoms with Crippen LogP contribution in [0.25, 0.3) is 0 Å². The fourth-order valence-electron chi connectivity index (χ4n) is 2.45. The first-order valence-electron chi connectivity index (χ1n) is 6.71. The Morgan fingerprint density at radius 3 is 3.15 bits per heavy atom. The van der Waals surface area contributed by atoms with Crippen LogP contribution in [0.2, 0.25) is 0 Å². The standard InChI is InChI=1S/C15H16N2O2S/c1-9-5-6-12-13(7-9)20-15(17-12)16-11-4-2-3-10(8-11)14(18)19/h2-4,8-9H,5-7H2,1H3,(H,16,17)(H,18,19). The second-order valence-corrected chi connectivity index (χ2v) is 6.33. The van der Waals surface area contributed by atoms with Gasteiger partial charge < -0.3 is 10.4 Å². The number of aryl methyl sites for hydroxylation is 1. The van der Waals surface area contributed by atoms with Gasteiger partial charge in [-0.05, 0) is 43.4 Å². The number of anilines is 2. The molecule has 0 aliphatic heterocycles. The number of benzene rings is 1. The third kappa shape index (κ3) is 2.67. The zero-order valence-electron chi connectivity index (χ0n) is 11.2. The van der Waals surface area contributed by atoms with Crippen LogP contribution >= 0.6 is 11.3 Å². The Labute approximate surface area is 121 Å². The number of thiazole rings is 1. The first-order chi connectivity index (χ1) is 9.61. The van der Waals surface area contributed by atoms with E-state index in [1.807, 2.05) is 6.07 Å². The summed E-state index contributed by atoms with van der Waals surface area (Å²) in [5.74, 6) is -0.188. The van der Waals surface area contributed by atoms with E-state index in [9.17, 15) is 4.79 Å². The van der Waals surface area contributed by atoms with Crippen molar-refractivity contribution in [2.24, 2.45) is 5.92 Å². The molecule has 2 N–H and O–H groups in total. The lowest BCUT2D eigenvalue weighted by atomic mass is 9.93. The Bertz CT molecular complexity index is 651. The van der Waals surface area contributed by atoms with Crippen molar-refractivity contribution in [2.45, 2.75) is 26.2 Å². The minimum atomic E-state index is -0.916. The van der Waals surface area contributed by atoms with E-state index in [1.165, 1.54) is 17.0 Å². The number of hydrogen-bond acceptors (Lipinski definition) is 4. The van der Waals surface area contributed by atoms with Crippen LogP contribution < -0.4 is 5.32 Å². The largest absolute Gasteiger partial charge is 0.478 e. The lowest BCUT2D eigenvalue weighted by molar-refractivity contribution is 0.0697. The van der Waals surface area contributed by atoms with Crippen LogP contribution in [0.5, 0.6) is 0 Å². The number of carboxylic acids is 1. The molecule has 2 aromatic rings. The van der Waals surface area contributed by atoms with Gasteiger partial charge in [-0.25, -0.2) is 9.78 Å². The van der Waals surface area contributed by atoms with Crippen molar-refractivity contribution in [3.05, 3.63) is 40.4 Å². The molecule has 3 rings (SSSR count). The molecule has 1 heterocycles. The van der Waals surface area contributed by atoms with Crippen molar-refractivity contribution in [2.75, 3.05) is 5.32 Å². The zero-order chi connectivity index (χ0) is 14.1. The first-order valence-corrected chi connectivity index (χ1v) is 7.52. The van der Waals surface area contributed by atoms with Gasteiger partial charge in [0.2, 0.25) is 0 Å². The second-order valence-electron chi connectivity index (χ2n) is 5.25.